The summed E-state index contributed by atoms with van der Waals surface area (Å²) in [4.78, 5) is 0. The van der Waals surface area contributed by atoms with E-state index in [9.17, 15) is 0 Å². The maximum Gasteiger partial charge on any atom is 0.105 e. The first kappa shape index (κ1) is 7.80. The van der Waals surface area contributed by atoms with Crippen LogP contribution in [0.25, 0.3) is 0 Å². The fraction of sp³-hybridized carbons (Fsp3) is 0.667. The van der Waals surface area contributed by atoms with Gasteiger partial charge in [0.05, 0.1) is 17.5 Å². The molecule has 1 aliphatic heterocycles. The van der Waals surface area contributed by atoms with Crippen molar-refractivity contribution in [3.8, 4) is 0 Å². The van der Waals surface area contributed by atoms with Crippen molar-refractivity contribution < 1.29 is 4.74 Å². The molecule has 1 aliphatic rings. The molecular formula is C9H14N2O. The monoisotopic (exact) mass is 166 g/mol. The lowest BCUT2D eigenvalue weighted by atomic mass is 9.98. The van der Waals surface area contributed by atoms with Crippen molar-refractivity contribution in [2.75, 3.05) is 0 Å². The molecule has 2 rings (SSSR count). The molecule has 0 bridgehead atoms. The highest BCUT2D eigenvalue weighted by atomic mass is 16.5. The first-order valence-corrected chi connectivity index (χ1v) is 4.18. The average Bonchev–Trinajstić information content (AvgIpc) is 2.34. The second-order valence-electron chi connectivity index (χ2n) is 4.28. The minimum Gasteiger partial charge on any atom is -0.359 e. The molecule has 0 saturated heterocycles. The van der Waals surface area contributed by atoms with Crippen LogP contribution in [0.5, 0.6) is 0 Å². The van der Waals surface area contributed by atoms with E-state index in [-0.39, 0.29) is 11.2 Å². The average molecular weight is 166 g/mol. The molecule has 0 atom stereocenters. The summed E-state index contributed by atoms with van der Waals surface area (Å²) >= 11 is 0. The Morgan fingerprint density at radius 1 is 1.25 bits per heavy atom. The van der Waals surface area contributed by atoms with Crippen molar-refractivity contribution in [1.29, 1.82) is 0 Å². The molecule has 0 amide bonds. The van der Waals surface area contributed by atoms with Crippen molar-refractivity contribution in [3.63, 3.8) is 0 Å². The second-order valence-corrected chi connectivity index (χ2v) is 4.28. The molecule has 3 nitrogen and oxygen atoms in total. The summed E-state index contributed by atoms with van der Waals surface area (Å²) < 4.78 is 5.88. The van der Waals surface area contributed by atoms with Gasteiger partial charge < -0.3 is 4.74 Å². The fourth-order valence-electron chi connectivity index (χ4n) is 1.95. The maximum atomic E-state index is 5.88. The van der Waals surface area contributed by atoms with Crippen LogP contribution in [0.4, 0.5) is 0 Å². The van der Waals surface area contributed by atoms with Crippen LogP contribution >= 0.6 is 0 Å². The van der Waals surface area contributed by atoms with Crippen LogP contribution in [0.2, 0.25) is 0 Å². The lowest BCUT2D eigenvalue weighted by Crippen LogP contribution is -2.23. The van der Waals surface area contributed by atoms with Crippen LogP contribution in [0.1, 0.15) is 39.0 Å². The molecular weight excluding hydrogens is 152 g/mol. The fourth-order valence-corrected chi connectivity index (χ4v) is 1.95. The molecule has 1 aromatic rings. The highest BCUT2D eigenvalue weighted by Gasteiger charge is 2.44. The summed E-state index contributed by atoms with van der Waals surface area (Å²) in [6.07, 6.45) is 1.85. The van der Waals surface area contributed by atoms with Gasteiger partial charge in [-0.15, -0.1) is 0 Å². The third kappa shape index (κ3) is 0.829. The van der Waals surface area contributed by atoms with E-state index in [0.29, 0.717) is 0 Å². The van der Waals surface area contributed by atoms with Gasteiger partial charge in [-0.3, -0.25) is 5.10 Å². The summed E-state index contributed by atoms with van der Waals surface area (Å²) in [5.74, 6) is 0. The van der Waals surface area contributed by atoms with Crippen molar-refractivity contribution in [1.82, 2.24) is 10.2 Å². The van der Waals surface area contributed by atoms with E-state index in [1.54, 1.807) is 0 Å². The Bertz CT molecular complexity index is 284. The molecule has 2 heterocycles. The van der Waals surface area contributed by atoms with E-state index >= 15 is 0 Å². The molecule has 0 saturated carbocycles. The summed E-state index contributed by atoms with van der Waals surface area (Å²) in [5.41, 5.74) is 1.85. The summed E-state index contributed by atoms with van der Waals surface area (Å²) in [7, 11) is 0. The van der Waals surface area contributed by atoms with Gasteiger partial charge in [0.15, 0.2) is 0 Å². The number of H-pyrrole nitrogens is 1. The zero-order chi connectivity index (χ0) is 8.98. The number of hydrogen-bond donors (Lipinski definition) is 1. The quantitative estimate of drug-likeness (QED) is 0.639. The minimum atomic E-state index is -0.227. The predicted octanol–water partition coefficient (Wildman–Crippen LogP) is 1.91. The van der Waals surface area contributed by atoms with E-state index < -0.39 is 0 Å². The summed E-state index contributed by atoms with van der Waals surface area (Å²) in [5, 5.41) is 7.02. The Hall–Kier alpha value is -0.830. The first-order valence-electron chi connectivity index (χ1n) is 4.18. The van der Waals surface area contributed by atoms with Gasteiger partial charge in [0.1, 0.15) is 5.60 Å². The number of nitrogens with zero attached hydrogens (tertiary/aromatic N) is 1. The molecule has 0 fully saturated rings. The molecule has 1 N–H and O–H groups in total. The van der Waals surface area contributed by atoms with Crippen molar-refractivity contribution in [3.05, 3.63) is 17.5 Å². The number of ether oxygens (including phenoxy) is 1. The van der Waals surface area contributed by atoms with Crippen LogP contribution in [0, 0.1) is 0 Å². The number of aromatic nitrogens is 2. The standard InChI is InChI=1S/C9H14N2O/c1-8(2)6-5-10-11-7(6)9(3,4)12-8/h5H,1-4H3,(H,10,11). The summed E-state index contributed by atoms with van der Waals surface area (Å²) in [6, 6.07) is 0. The van der Waals surface area contributed by atoms with Gasteiger partial charge in [-0.05, 0) is 27.7 Å². The van der Waals surface area contributed by atoms with Crippen LogP contribution in [-0.4, -0.2) is 10.2 Å². The third-order valence-corrected chi connectivity index (χ3v) is 2.40. The van der Waals surface area contributed by atoms with E-state index in [4.69, 9.17) is 4.74 Å². The molecule has 12 heavy (non-hydrogen) atoms. The topological polar surface area (TPSA) is 37.9 Å². The Labute approximate surface area is 72.1 Å². The SMILES string of the molecule is CC1(C)OC(C)(C)c2[nH]ncc21. The van der Waals surface area contributed by atoms with Crippen molar-refractivity contribution >= 4 is 0 Å². The normalized spacial score (nSPS) is 24.0. The lowest BCUT2D eigenvalue weighted by molar-refractivity contribution is -0.107. The largest absolute Gasteiger partial charge is 0.359 e. The third-order valence-electron chi connectivity index (χ3n) is 2.40. The van der Waals surface area contributed by atoms with E-state index in [1.165, 1.54) is 5.56 Å². The van der Waals surface area contributed by atoms with Gasteiger partial charge in [-0.25, -0.2) is 0 Å². The maximum absolute atomic E-state index is 5.88. The van der Waals surface area contributed by atoms with Gasteiger partial charge in [0, 0.05) is 5.56 Å². The van der Waals surface area contributed by atoms with Gasteiger partial charge in [0.2, 0.25) is 0 Å². The number of fused-ring (bicyclic) bond motifs is 1. The second kappa shape index (κ2) is 1.91. The van der Waals surface area contributed by atoms with Crippen molar-refractivity contribution in [2.24, 2.45) is 0 Å². The molecule has 0 aliphatic carbocycles. The number of rotatable bonds is 0. The molecule has 0 spiro atoms. The number of hydrogen-bond acceptors (Lipinski definition) is 2. The zero-order valence-corrected chi connectivity index (χ0v) is 7.93. The predicted molar refractivity (Wildman–Crippen MR) is 45.7 cm³/mol. The lowest BCUT2D eigenvalue weighted by Gasteiger charge is -2.24. The Balaban J connectivity index is 2.60. The van der Waals surface area contributed by atoms with Crippen molar-refractivity contribution in [2.45, 2.75) is 38.9 Å². The van der Waals surface area contributed by atoms with Gasteiger partial charge in [-0.1, -0.05) is 0 Å². The molecule has 0 unspecified atom stereocenters. The highest BCUT2D eigenvalue weighted by molar-refractivity contribution is 5.32. The van der Waals surface area contributed by atoms with E-state index in [1.807, 2.05) is 6.20 Å². The molecule has 1 aromatic heterocycles. The van der Waals surface area contributed by atoms with Crippen LogP contribution in [0.3, 0.4) is 0 Å². The van der Waals surface area contributed by atoms with Crippen LogP contribution in [0.15, 0.2) is 6.20 Å². The molecule has 3 heteroatoms. The smallest absolute Gasteiger partial charge is 0.105 e. The summed E-state index contributed by atoms with van der Waals surface area (Å²) in [6.45, 7) is 8.24. The Kier molecular flexibility index (Phi) is 1.24. The van der Waals surface area contributed by atoms with Gasteiger partial charge in [0.25, 0.3) is 0 Å². The van der Waals surface area contributed by atoms with E-state index in [2.05, 4.69) is 37.9 Å². The molecule has 66 valence electrons. The van der Waals surface area contributed by atoms with Gasteiger partial charge >= 0.3 is 0 Å². The Morgan fingerprint density at radius 3 is 2.50 bits per heavy atom. The Morgan fingerprint density at radius 2 is 1.92 bits per heavy atom. The van der Waals surface area contributed by atoms with E-state index in [0.717, 1.165) is 5.69 Å². The zero-order valence-electron chi connectivity index (χ0n) is 7.93. The van der Waals surface area contributed by atoms with Crippen LogP contribution in [-0.2, 0) is 15.9 Å². The van der Waals surface area contributed by atoms with Crippen LogP contribution < -0.4 is 0 Å². The first-order chi connectivity index (χ1) is 5.43. The molecule has 0 radical (unpaired) electrons. The van der Waals surface area contributed by atoms with Gasteiger partial charge in [-0.2, -0.15) is 5.10 Å². The molecule has 0 aromatic carbocycles. The highest BCUT2D eigenvalue weighted by Crippen LogP contribution is 2.45. The minimum absolute atomic E-state index is 0.203. The number of nitrogens with one attached hydrogen (secondary N) is 1. The number of aromatic amines is 1.